The van der Waals surface area contributed by atoms with E-state index in [0.717, 1.165) is 6.20 Å². The second-order valence-electron chi connectivity index (χ2n) is 9.74. The van der Waals surface area contributed by atoms with Gasteiger partial charge in [-0.15, -0.1) is 0 Å². The highest BCUT2D eigenvalue weighted by Gasteiger charge is 2.61. The van der Waals surface area contributed by atoms with Gasteiger partial charge in [0.2, 0.25) is 0 Å². The summed E-state index contributed by atoms with van der Waals surface area (Å²) in [5, 5.41) is 26.6. The highest BCUT2D eigenvalue weighted by Crippen LogP contribution is 2.46. The summed E-state index contributed by atoms with van der Waals surface area (Å²) in [6.45, 7) is 4.33. The van der Waals surface area contributed by atoms with Gasteiger partial charge in [-0.3, -0.25) is 14.2 Å². The van der Waals surface area contributed by atoms with E-state index in [1.54, 1.807) is 27.7 Å². The molecule has 0 radical (unpaired) electrons. The molecule has 2 rings (SSSR count). The Morgan fingerprint density at radius 3 is 2.08 bits per heavy atom. The minimum atomic E-state index is -3.79. The number of aliphatic hydroxyl groups is 2. The fourth-order valence-corrected chi connectivity index (χ4v) is 6.55. The molecule has 18 heteroatoms. The normalized spacial score (nSPS) is 26.1. The number of halogens is 2. The van der Waals surface area contributed by atoms with Crippen molar-refractivity contribution in [1.82, 2.24) is 19.7 Å². The number of nitrogens with two attached hydrogens (primary N) is 1. The molecular weight excluding hydrogens is 579 g/mol. The molecule has 0 aliphatic carbocycles. The quantitative estimate of drug-likeness (QED) is 0.149. The minimum Gasteiger partial charge on any atom is -0.462 e. The summed E-state index contributed by atoms with van der Waals surface area (Å²) >= 11 is 5.54. The third kappa shape index (κ3) is 8.22. The van der Waals surface area contributed by atoms with Gasteiger partial charge in [0.05, 0.1) is 18.8 Å². The summed E-state index contributed by atoms with van der Waals surface area (Å²) in [6.07, 6.45) is -9.42. The molecular formula is C22H36F2N5O9PS. The number of aliphatic hydroxyl groups excluding tert-OH is 2. The van der Waals surface area contributed by atoms with E-state index in [9.17, 15) is 33.4 Å². The van der Waals surface area contributed by atoms with Gasteiger partial charge in [-0.05, 0) is 59.4 Å². The first-order valence-corrected chi connectivity index (χ1v) is 15.0. The van der Waals surface area contributed by atoms with Crippen molar-refractivity contribution in [2.45, 2.75) is 96.3 Å². The fraction of sp³-hybridized carbons (Fsp3) is 0.727. The van der Waals surface area contributed by atoms with E-state index >= 15 is 0 Å². The van der Waals surface area contributed by atoms with Gasteiger partial charge in [0.1, 0.15) is 30.1 Å². The summed E-state index contributed by atoms with van der Waals surface area (Å²) in [6, 6.07) is -1.07. The van der Waals surface area contributed by atoms with Crippen LogP contribution in [0.15, 0.2) is 17.1 Å². The molecule has 1 aromatic rings. The zero-order valence-corrected chi connectivity index (χ0v) is 24.5. The number of aromatic nitrogens is 2. The van der Waals surface area contributed by atoms with Crippen molar-refractivity contribution in [2.24, 2.45) is 0 Å². The van der Waals surface area contributed by atoms with E-state index < -0.39 is 85.6 Å². The van der Waals surface area contributed by atoms with Crippen LogP contribution in [0.3, 0.4) is 0 Å². The van der Waals surface area contributed by atoms with Crippen molar-refractivity contribution in [3.8, 4) is 0 Å². The Hall–Kier alpha value is -2.11. The van der Waals surface area contributed by atoms with Crippen molar-refractivity contribution < 1.29 is 47.3 Å². The Kier molecular flexibility index (Phi) is 11.7. The first kappa shape index (κ1) is 34.1. The molecule has 1 saturated heterocycles. The maximum atomic E-state index is 14.5. The van der Waals surface area contributed by atoms with Crippen molar-refractivity contribution >= 4 is 36.1 Å². The Bertz CT molecular complexity index is 1130. The third-order valence-electron chi connectivity index (χ3n) is 5.56. The van der Waals surface area contributed by atoms with Crippen LogP contribution >= 0.6 is 6.57 Å². The van der Waals surface area contributed by atoms with Crippen LogP contribution in [0.1, 0.15) is 47.8 Å². The Morgan fingerprint density at radius 2 is 1.65 bits per heavy atom. The number of ether oxygens (including phenoxy) is 3. The van der Waals surface area contributed by atoms with Crippen LogP contribution in [0.4, 0.5) is 14.6 Å². The van der Waals surface area contributed by atoms with Crippen LogP contribution in [0.2, 0.25) is 0 Å². The molecule has 0 saturated carbocycles. The number of hydrogen-bond acceptors (Lipinski definition) is 12. The number of carbonyl (C=O) groups is 2. The van der Waals surface area contributed by atoms with Crippen molar-refractivity contribution in [3.05, 3.63) is 22.7 Å². The molecule has 1 aliphatic heterocycles. The maximum Gasteiger partial charge on any atom is 0.351 e. The molecule has 1 aromatic heterocycles. The predicted molar refractivity (Wildman–Crippen MR) is 142 cm³/mol. The number of nitrogens with zero attached hydrogens (tertiary/aromatic N) is 2. The van der Waals surface area contributed by atoms with Crippen LogP contribution in [-0.2, 0) is 40.1 Å². The Morgan fingerprint density at radius 1 is 1.15 bits per heavy atom. The molecule has 2 heterocycles. The van der Waals surface area contributed by atoms with Crippen molar-refractivity contribution in [2.75, 3.05) is 12.3 Å². The van der Waals surface area contributed by atoms with E-state index in [0.29, 0.717) is 4.57 Å². The van der Waals surface area contributed by atoms with Gasteiger partial charge >= 0.3 is 17.6 Å². The molecule has 1 aliphatic rings. The molecule has 0 spiro atoms. The first-order chi connectivity index (χ1) is 18.4. The highest BCUT2D eigenvalue weighted by molar-refractivity contribution is 8.10. The zero-order valence-electron chi connectivity index (χ0n) is 22.8. The van der Waals surface area contributed by atoms with Gasteiger partial charge in [0, 0.05) is 6.20 Å². The summed E-state index contributed by atoms with van der Waals surface area (Å²) in [5.74, 6) is -1.64. The molecule has 1 fully saturated rings. The van der Waals surface area contributed by atoms with E-state index in [1.807, 2.05) is 0 Å². The lowest BCUT2D eigenvalue weighted by atomic mass is 9.96. The van der Waals surface area contributed by atoms with Gasteiger partial charge in [-0.1, -0.05) is 0 Å². The SMILES string of the molecule is CC(C)OC(=O)[C@H](C)NP(=S)(N[C@H](C)C(=O)OC(C)C)OC[C@]1(C(F)F)O[C@H](n2ccc(N)nc2=O)[C@@H](O)[C@@H]1O. The number of esters is 2. The van der Waals surface area contributed by atoms with Crippen LogP contribution in [-0.4, -0.2) is 86.8 Å². The van der Waals surface area contributed by atoms with Gasteiger partial charge in [-0.25, -0.2) is 23.7 Å². The van der Waals surface area contributed by atoms with E-state index in [1.165, 1.54) is 19.9 Å². The largest absolute Gasteiger partial charge is 0.462 e. The summed E-state index contributed by atoms with van der Waals surface area (Å²) in [4.78, 5) is 40.6. The van der Waals surface area contributed by atoms with E-state index in [-0.39, 0.29) is 5.82 Å². The standard InChI is InChI=1S/C22H36F2N5O9PS/c1-10(2)36-18(32)12(5)27-39(40,28-13(6)19(33)37-11(3)4)35-9-22(20(23)24)16(31)15(30)17(38-22)29-8-7-14(25)26-21(29)34/h7-8,10-13,15-17,20,30-31H,9H2,1-6H3,(H2,25,26,34)(H2,27,28,40)/t12-,13+,15-,16-,17-,22-,39?/m0/s1. The van der Waals surface area contributed by atoms with Crippen LogP contribution in [0.25, 0.3) is 0 Å². The lowest BCUT2D eigenvalue weighted by Crippen LogP contribution is -2.53. The monoisotopic (exact) mass is 615 g/mol. The minimum absolute atomic E-state index is 0.161. The molecule has 6 N–H and O–H groups in total. The van der Waals surface area contributed by atoms with Crippen molar-refractivity contribution in [3.63, 3.8) is 0 Å². The zero-order chi connectivity index (χ0) is 30.6. The average Bonchev–Trinajstić information content (AvgIpc) is 3.08. The lowest BCUT2D eigenvalue weighted by molar-refractivity contribution is -0.191. The fourth-order valence-electron chi connectivity index (χ4n) is 3.60. The van der Waals surface area contributed by atoms with E-state index in [4.69, 9.17) is 36.3 Å². The number of anilines is 1. The van der Waals surface area contributed by atoms with E-state index in [2.05, 4.69) is 15.2 Å². The Labute approximate surface area is 234 Å². The smallest absolute Gasteiger partial charge is 0.351 e. The maximum absolute atomic E-state index is 14.5. The predicted octanol–water partition coefficient (Wildman–Crippen LogP) is 0.181. The second-order valence-corrected chi connectivity index (χ2v) is 13.2. The number of carbonyl (C=O) groups excluding carboxylic acids is 2. The van der Waals surface area contributed by atoms with Crippen LogP contribution in [0, 0.1) is 0 Å². The molecule has 228 valence electrons. The average molecular weight is 616 g/mol. The molecule has 7 atom stereocenters. The number of nitrogen functional groups attached to an aromatic ring is 1. The highest BCUT2D eigenvalue weighted by atomic mass is 32.4. The summed E-state index contributed by atoms with van der Waals surface area (Å²) in [5.41, 5.74) is 1.55. The first-order valence-electron chi connectivity index (χ1n) is 12.3. The summed E-state index contributed by atoms with van der Waals surface area (Å²) < 4.78 is 51.0. The van der Waals surface area contributed by atoms with Gasteiger partial charge in [0.15, 0.2) is 18.4 Å². The van der Waals surface area contributed by atoms with Gasteiger partial charge < -0.3 is 34.7 Å². The Balaban J connectivity index is 2.38. The lowest BCUT2D eigenvalue weighted by Gasteiger charge is -2.35. The van der Waals surface area contributed by atoms with Gasteiger partial charge in [-0.2, -0.15) is 4.98 Å². The number of rotatable bonds is 13. The summed E-state index contributed by atoms with van der Waals surface area (Å²) in [7, 11) is 0. The molecule has 40 heavy (non-hydrogen) atoms. The molecule has 14 nitrogen and oxygen atoms in total. The molecule has 1 unspecified atom stereocenters. The topological polar surface area (TPSA) is 196 Å². The number of alkyl halides is 2. The number of nitrogens with one attached hydrogen (secondary N) is 2. The third-order valence-corrected chi connectivity index (χ3v) is 8.46. The second kappa shape index (κ2) is 13.7. The van der Waals surface area contributed by atoms with Gasteiger partial charge in [0.25, 0.3) is 6.43 Å². The van der Waals surface area contributed by atoms with Crippen LogP contribution in [0.5, 0.6) is 0 Å². The van der Waals surface area contributed by atoms with Crippen molar-refractivity contribution in [1.29, 1.82) is 0 Å². The molecule has 0 amide bonds. The van der Waals surface area contributed by atoms with Crippen LogP contribution < -0.4 is 21.6 Å². The number of hydrogen-bond donors (Lipinski definition) is 5. The molecule has 0 bridgehead atoms. The molecule has 0 aromatic carbocycles.